The standard InChI is InChI=1S/C21H21ClN6O2/c1-27-18(29)9-8-17(26-27)20(30)28-10-2-3-14(12-28)19-16(11-24-21(23)25-19)13-4-6-15(22)7-5-13/h4-9,11,14H,2-3,10,12H2,1H3,(H2,23,24,25). The molecule has 4 rings (SSSR count). The topological polar surface area (TPSA) is 107 Å². The summed E-state index contributed by atoms with van der Waals surface area (Å²) in [5.74, 6) is 0.00229. The molecule has 2 aromatic heterocycles. The maximum absolute atomic E-state index is 13.0. The summed E-state index contributed by atoms with van der Waals surface area (Å²) in [6, 6.07) is 10.3. The van der Waals surface area contributed by atoms with Crippen LogP contribution in [0.5, 0.6) is 0 Å². The van der Waals surface area contributed by atoms with Gasteiger partial charge in [0.2, 0.25) is 5.95 Å². The van der Waals surface area contributed by atoms with E-state index < -0.39 is 0 Å². The van der Waals surface area contributed by atoms with Crippen LogP contribution in [0, 0.1) is 0 Å². The molecule has 2 N–H and O–H groups in total. The molecule has 0 radical (unpaired) electrons. The van der Waals surface area contributed by atoms with Crippen molar-refractivity contribution in [3.8, 4) is 11.1 Å². The zero-order valence-corrected chi connectivity index (χ0v) is 17.2. The lowest BCUT2D eigenvalue weighted by molar-refractivity contribution is 0.0697. The van der Waals surface area contributed by atoms with Crippen LogP contribution >= 0.6 is 11.6 Å². The van der Waals surface area contributed by atoms with Gasteiger partial charge in [0.05, 0.1) is 5.69 Å². The van der Waals surface area contributed by atoms with Gasteiger partial charge in [-0.1, -0.05) is 23.7 Å². The number of nitrogen functional groups attached to an aromatic ring is 1. The summed E-state index contributed by atoms with van der Waals surface area (Å²) in [5, 5.41) is 4.74. The van der Waals surface area contributed by atoms with Crippen LogP contribution in [0.2, 0.25) is 5.02 Å². The van der Waals surface area contributed by atoms with Gasteiger partial charge in [-0.2, -0.15) is 5.10 Å². The Balaban J connectivity index is 1.64. The lowest BCUT2D eigenvalue weighted by Gasteiger charge is -2.33. The number of piperidine rings is 1. The van der Waals surface area contributed by atoms with E-state index in [9.17, 15) is 9.59 Å². The van der Waals surface area contributed by atoms with E-state index in [1.807, 2.05) is 24.3 Å². The summed E-state index contributed by atoms with van der Waals surface area (Å²) in [5.41, 5.74) is 8.51. The first-order valence-electron chi connectivity index (χ1n) is 9.64. The Labute approximate surface area is 178 Å². The van der Waals surface area contributed by atoms with Crippen molar-refractivity contribution in [2.24, 2.45) is 7.05 Å². The molecule has 0 spiro atoms. The van der Waals surface area contributed by atoms with Crippen LogP contribution in [-0.2, 0) is 7.05 Å². The van der Waals surface area contributed by atoms with Gasteiger partial charge in [-0.15, -0.1) is 0 Å². The molecule has 1 saturated heterocycles. The number of likely N-dealkylation sites (tertiary alicyclic amines) is 1. The van der Waals surface area contributed by atoms with Crippen molar-refractivity contribution in [1.29, 1.82) is 0 Å². The van der Waals surface area contributed by atoms with Crippen LogP contribution in [-0.4, -0.2) is 43.6 Å². The highest BCUT2D eigenvalue weighted by molar-refractivity contribution is 6.30. The number of carbonyl (C=O) groups is 1. The van der Waals surface area contributed by atoms with Crippen molar-refractivity contribution in [3.63, 3.8) is 0 Å². The maximum atomic E-state index is 13.0. The second-order valence-electron chi connectivity index (χ2n) is 7.30. The van der Waals surface area contributed by atoms with Gasteiger partial charge in [0.15, 0.2) is 0 Å². The van der Waals surface area contributed by atoms with Crippen molar-refractivity contribution in [2.75, 3.05) is 18.8 Å². The Kier molecular flexibility index (Phi) is 5.50. The number of hydrogen-bond acceptors (Lipinski definition) is 6. The first-order valence-corrected chi connectivity index (χ1v) is 10.0. The summed E-state index contributed by atoms with van der Waals surface area (Å²) in [4.78, 5) is 35.0. The Morgan fingerprint density at radius 2 is 1.97 bits per heavy atom. The van der Waals surface area contributed by atoms with Gasteiger partial charge in [0.1, 0.15) is 5.69 Å². The highest BCUT2D eigenvalue weighted by atomic mass is 35.5. The zero-order valence-electron chi connectivity index (χ0n) is 16.5. The molecule has 1 aromatic carbocycles. The third-order valence-electron chi connectivity index (χ3n) is 5.27. The fourth-order valence-corrected chi connectivity index (χ4v) is 3.86. The molecule has 30 heavy (non-hydrogen) atoms. The number of nitrogens with two attached hydrogens (primary N) is 1. The third-order valence-corrected chi connectivity index (χ3v) is 5.52. The Bertz CT molecular complexity index is 1140. The molecule has 1 aliphatic rings. The number of halogens is 1. The molecule has 1 unspecified atom stereocenters. The quantitative estimate of drug-likeness (QED) is 0.692. The molecule has 1 fully saturated rings. The number of amides is 1. The van der Waals surface area contributed by atoms with Gasteiger partial charge in [-0.25, -0.2) is 14.6 Å². The first kappa shape index (κ1) is 20.0. The lowest BCUT2D eigenvalue weighted by Crippen LogP contribution is -2.40. The average Bonchev–Trinajstić information content (AvgIpc) is 2.76. The highest BCUT2D eigenvalue weighted by Gasteiger charge is 2.29. The number of benzene rings is 1. The number of aryl methyl sites for hydroxylation is 1. The minimum absolute atomic E-state index is 0.00575. The molecular formula is C21H21ClN6O2. The number of nitrogens with zero attached hydrogens (tertiary/aromatic N) is 5. The van der Waals surface area contributed by atoms with Crippen LogP contribution in [0.15, 0.2) is 47.4 Å². The van der Waals surface area contributed by atoms with Crippen molar-refractivity contribution in [1.82, 2.24) is 24.6 Å². The van der Waals surface area contributed by atoms with E-state index in [4.69, 9.17) is 17.3 Å². The van der Waals surface area contributed by atoms with Gasteiger partial charge < -0.3 is 10.6 Å². The van der Waals surface area contributed by atoms with Crippen molar-refractivity contribution < 1.29 is 4.79 Å². The van der Waals surface area contributed by atoms with E-state index in [0.29, 0.717) is 18.1 Å². The molecule has 9 heteroatoms. The first-order chi connectivity index (χ1) is 14.4. The van der Waals surface area contributed by atoms with Crippen LogP contribution in [0.3, 0.4) is 0 Å². The van der Waals surface area contributed by atoms with Crippen LogP contribution in [0.1, 0.15) is 34.9 Å². The molecule has 3 heterocycles. The van der Waals surface area contributed by atoms with Crippen molar-refractivity contribution in [3.05, 3.63) is 69.4 Å². The number of carbonyl (C=O) groups excluding carboxylic acids is 1. The molecule has 8 nitrogen and oxygen atoms in total. The van der Waals surface area contributed by atoms with E-state index in [1.165, 1.54) is 23.9 Å². The third kappa shape index (κ3) is 4.04. The lowest BCUT2D eigenvalue weighted by atomic mass is 9.90. The number of anilines is 1. The number of rotatable bonds is 3. The summed E-state index contributed by atoms with van der Waals surface area (Å²) in [6.07, 6.45) is 3.42. The monoisotopic (exact) mass is 424 g/mol. The maximum Gasteiger partial charge on any atom is 0.274 e. The van der Waals surface area contributed by atoms with E-state index in [2.05, 4.69) is 15.1 Å². The van der Waals surface area contributed by atoms with E-state index in [1.54, 1.807) is 11.1 Å². The molecule has 0 saturated carbocycles. The van der Waals surface area contributed by atoms with Gasteiger partial charge in [-0.05, 0) is 36.6 Å². The molecule has 1 aliphatic heterocycles. The summed E-state index contributed by atoms with van der Waals surface area (Å²) in [7, 11) is 1.53. The van der Waals surface area contributed by atoms with Crippen molar-refractivity contribution >= 4 is 23.5 Å². The molecule has 1 atom stereocenters. The molecule has 154 valence electrons. The Hall–Kier alpha value is -3.26. The minimum atomic E-state index is -0.257. The smallest absolute Gasteiger partial charge is 0.274 e. The molecular weight excluding hydrogens is 404 g/mol. The molecule has 0 aliphatic carbocycles. The Morgan fingerprint density at radius 1 is 1.20 bits per heavy atom. The summed E-state index contributed by atoms with van der Waals surface area (Å²) >= 11 is 6.02. The zero-order chi connectivity index (χ0) is 21.3. The fourth-order valence-electron chi connectivity index (χ4n) is 3.74. The number of aromatic nitrogens is 4. The predicted octanol–water partition coefficient (Wildman–Crippen LogP) is 2.49. The van der Waals surface area contributed by atoms with E-state index >= 15 is 0 Å². The average molecular weight is 425 g/mol. The summed E-state index contributed by atoms with van der Waals surface area (Å²) in [6.45, 7) is 1.11. The van der Waals surface area contributed by atoms with Gasteiger partial charge in [0, 0.05) is 48.9 Å². The van der Waals surface area contributed by atoms with Gasteiger partial charge in [0.25, 0.3) is 11.5 Å². The molecule has 3 aromatic rings. The number of hydrogen-bond donors (Lipinski definition) is 1. The van der Waals surface area contributed by atoms with E-state index in [-0.39, 0.29) is 29.0 Å². The minimum Gasteiger partial charge on any atom is -0.368 e. The predicted molar refractivity (Wildman–Crippen MR) is 114 cm³/mol. The SMILES string of the molecule is Cn1nc(C(=O)N2CCCC(c3nc(N)ncc3-c3ccc(Cl)cc3)C2)ccc1=O. The fraction of sp³-hybridized carbons (Fsp3) is 0.286. The Morgan fingerprint density at radius 3 is 2.70 bits per heavy atom. The van der Waals surface area contributed by atoms with Crippen LogP contribution in [0.4, 0.5) is 5.95 Å². The van der Waals surface area contributed by atoms with Crippen LogP contribution in [0.25, 0.3) is 11.1 Å². The van der Waals surface area contributed by atoms with E-state index in [0.717, 1.165) is 29.7 Å². The molecule has 1 amide bonds. The summed E-state index contributed by atoms with van der Waals surface area (Å²) < 4.78 is 1.17. The van der Waals surface area contributed by atoms with Gasteiger partial charge >= 0.3 is 0 Å². The van der Waals surface area contributed by atoms with Gasteiger partial charge in [-0.3, -0.25) is 9.59 Å². The molecule has 0 bridgehead atoms. The van der Waals surface area contributed by atoms with Crippen molar-refractivity contribution in [2.45, 2.75) is 18.8 Å². The second-order valence-corrected chi connectivity index (χ2v) is 7.74. The second kappa shape index (κ2) is 8.23. The largest absolute Gasteiger partial charge is 0.368 e. The van der Waals surface area contributed by atoms with Crippen LogP contribution < -0.4 is 11.3 Å². The highest BCUT2D eigenvalue weighted by Crippen LogP contribution is 2.34. The normalized spacial score (nSPS) is 16.5.